The van der Waals surface area contributed by atoms with Gasteiger partial charge in [-0.3, -0.25) is 9.52 Å². The van der Waals surface area contributed by atoms with E-state index in [0.717, 1.165) is 6.07 Å². The van der Waals surface area contributed by atoms with Crippen LogP contribution in [0.25, 0.3) is 0 Å². The van der Waals surface area contributed by atoms with Crippen LogP contribution in [0.2, 0.25) is 5.02 Å². The number of halogens is 2. The summed E-state index contributed by atoms with van der Waals surface area (Å²) in [5.41, 5.74) is 0.654. The summed E-state index contributed by atoms with van der Waals surface area (Å²) in [6, 6.07) is 15.8. The summed E-state index contributed by atoms with van der Waals surface area (Å²) in [5.74, 6) is -0.819. The van der Waals surface area contributed by atoms with Crippen LogP contribution in [0.3, 0.4) is 0 Å². The molecule has 0 aliphatic heterocycles. The molecule has 0 spiro atoms. The van der Waals surface area contributed by atoms with Crippen molar-refractivity contribution in [2.75, 3.05) is 17.1 Å². The van der Waals surface area contributed by atoms with E-state index >= 15 is 0 Å². The van der Waals surface area contributed by atoms with Gasteiger partial charge in [0.25, 0.3) is 15.9 Å². The fraction of sp³-hybridized carbons (Fsp3) is 0.0500. The lowest BCUT2D eigenvalue weighted by atomic mass is 10.2. The third kappa shape index (κ3) is 4.85. The van der Waals surface area contributed by atoms with E-state index in [0.29, 0.717) is 5.75 Å². The number of hydrogen-bond acceptors (Lipinski definition) is 4. The number of benzene rings is 3. The Bertz CT molecular complexity index is 1170. The largest absolute Gasteiger partial charge is 0.495 e. The second-order valence-corrected chi connectivity index (χ2v) is 8.01. The average Bonchev–Trinajstić information content (AvgIpc) is 2.71. The van der Waals surface area contributed by atoms with Crippen LogP contribution >= 0.6 is 11.6 Å². The monoisotopic (exact) mass is 434 g/mol. The zero-order valence-corrected chi connectivity index (χ0v) is 16.7. The quantitative estimate of drug-likeness (QED) is 0.596. The maximum Gasteiger partial charge on any atom is 0.262 e. The highest BCUT2D eigenvalue weighted by molar-refractivity contribution is 7.92. The first-order valence-corrected chi connectivity index (χ1v) is 10.2. The van der Waals surface area contributed by atoms with Gasteiger partial charge in [0.1, 0.15) is 11.6 Å². The number of para-hydroxylation sites is 2. The number of amides is 1. The lowest BCUT2D eigenvalue weighted by Crippen LogP contribution is -2.16. The van der Waals surface area contributed by atoms with Gasteiger partial charge in [0.05, 0.1) is 22.7 Å². The van der Waals surface area contributed by atoms with Crippen LogP contribution in [0.4, 0.5) is 15.8 Å². The smallest absolute Gasteiger partial charge is 0.262 e. The number of rotatable bonds is 6. The SMILES string of the molecule is COc1ccccc1NS(=O)(=O)c1cccc(C(=O)Nc2ccc(F)c(Cl)c2)c1. The molecule has 0 fully saturated rings. The van der Waals surface area contributed by atoms with Gasteiger partial charge in [0.2, 0.25) is 0 Å². The summed E-state index contributed by atoms with van der Waals surface area (Å²) in [6.45, 7) is 0. The van der Waals surface area contributed by atoms with E-state index in [2.05, 4.69) is 10.0 Å². The maximum atomic E-state index is 13.2. The molecule has 3 aromatic carbocycles. The summed E-state index contributed by atoms with van der Waals surface area (Å²) in [7, 11) is -2.54. The van der Waals surface area contributed by atoms with E-state index in [1.807, 2.05) is 0 Å². The molecule has 3 rings (SSSR count). The van der Waals surface area contributed by atoms with Gasteiger partial charge in [0.15, 0.2) is 0 Å². The Morgan fingerprint density at radius 1 is 1.03 bits per heavy atom. The van der Waals surface area contributed by atoms with Crippen molar-refractivity contribution in [3.8, 4) is 5.75 Å². The summed E-state index contributed by atoms with van der Waals surface area (Å²) < 4.78 is 46.3. The minimum atomic E-state index is -3.97. The molecule has 2 N–H and O–H groups in total. The summed E-state index contributed by atoms with van der Waals surface area (Å²) in [5, 5.41) is 2.41. The first-order valence-electron chi connectivity index (χ1n) is 8.32. The van der Waals surface area contributed by atoms with E-state index in [4.69, 9.17) is 16.3 Å². The highest BCUT2D eigenvalue weighted by atomic mass is 35.5. The van der Waals surface area contributed by atoms with Crippen LogP contribution in [-0.4, -0.2) is 21.4 Å². The van der Waals surface area contributed by atoms with Crippen molar-refractivity contribution >= 4 is 38.9 Å². The Labute approximate surface area is 172 Å². The fourth-order valence-electron chi connectivity index (χ4n) is 2.51. The van der Waals surface area contributed by atoms with Crippen LogP contribution in [-0.2, 0) is 10.0 Å². The van der Waals surface area contributed by atoms with Gasteiger partial charge in [-0.15, -0.1) is 0 Å². The molecule has 9 heteroatoms. The van der Waals surface area contributed by atoms with Gasteiger partial charge in [-0.05, 0) is 48.5 Å². The Balaban J connectivity index is 1.84. The van der Waals surface area contributed by atoms with E-state index in [9.17, 15) is 17.6 Å². The Kier molecular flexibility index (Phi) is 6.05. The molecule has 29 heavy (non-hydrogen) atoms. The Morgan fingerprint density at radius 2 is 1.79 bits per heavy atom. The number of hydrogen-bond donors (Lipinski definition) is 2. The number of nitrogens with one attached hydrogen (secondary N) is 2. The molecular weight excluding hydrogens is 419 g/mol. The van der Waals surface area contributed by atoms with Crippen molar-refractivity contribution in [1.82, 2.24) is 0 Å². The predicted octanol–water partition coefficient (Wildman–Crippen LogP) is 4.54. The van der Waals surface area contributed by atoms with Crippen molar-refractivity contribution in [2.45, 2.75) is 4.90 Å². The summed E-state index contributed by atoms with van der Waals surface area (Å²) in [6.07, 6.45) is 0. The molecule has 6 nitrogen and oxygen atoms in total. The molecule has 0 atom stereocenters. The molecule has 3 aromatic rings. The van der Waals surface area contributed by atoms with E-state index < -0.39 is 21.7 Å². The van der Waals surface area contributed by atoms with Gasteiger partial charge >= 0.3 is 0 Å². The van der Waals surface area contributed by atoms with Gasteiger partial charge in [-0.1, -0.05) is 29.8 Å². The predicted molar refractivity (Wildman–Crippen MR) is 110 cm³/mol. The lowest BCUT2D eigenvalue weighted by molar-refractivity contribution is 0.102. The standard InChI is InChI=1S/C20H16ClFN2O4S/c1-28-19-8-3-2-7-18(19)24-29(26,27)15-6-4-5-13(11-15)20(25)23-14-9-10-17(22)16(21)12-14/h2-12,24H,1H3,(H,23,25). The zero-order chi connectivity index (χ0) is 21.0. The molecule has 0 aromatic heterocycles. The second kappa shape index (κ2) is 8.50. The lowest BCUT2D eigenvalue weighted by Gasteiger charge is -2.12. The molecule has 0 aliphatic carbocycles. The minimum absolute atomic E-state index is 0.104. The highest BCUT2D eigenvalue weighted by Gasteiger charge is 2.18. The number of ether oxygens (including phenoxy) is 1. The van der Waals surface area contributed by atoms with Crippen LogP contribution in [0.1, 0.15) is 10.4 Å². The maximum absolute atomic E-state index is 13.2. The summed E-state index contributed by atoms with van der Waals surface area (Å²) >= 11 is 5.71. The zero-order valence-electron chi connectivity index (χ0n) is 15.1. The highest BCUT2D eigenvalue weighted by Crippen LogP contribution is 2.26. The minimum Gasteiger partial charge on any atom is -0.495 e. The van der Waals surface area contributed by atoms with Gasteiger partial charge in [-0.25, -0.2) is 12.8 Å². The number of sulfonamides is 1. The molecule has 0 unspecified atom stereocenters. The van der Waals surface area contributed by atoms with E-state index in [1.54, 1.807) is 24.3 Å². The number of carbonyl (C=O) groups is 1. The van der Waals surface area contributed by atoms with Crippen LogP contribution in [0.5, 0.6) is 5.75 Å². The molecular formula is C20H16ClFN2O4S. The molecule has 0 aliphatic rings. The third-order valence-corrected chi connectivity index (χ3v) is 5.59. The van der Waals surface area contributed by atoms with Gasteiger partial charge in [-0.2, -0.15) is 0 Å². The van der Waals surface area contributed by atoms with Crippen LogP contribution in [0, 0.1) is 5.82 Å². The normalized spacial score (nSPS) is 11.0. The number of carbonyl (C=O) groups excluding carboxylic acids is 1. The van der Waals surface area contributed by atoms with Crippen molar-refractivity contribution in [1.29, 1.82) is 0 Å². The first-order chi connectivity index (χ1) is 13.8. The van der Waals surface area contributed by atoms with Gasteiger partial charge in [0, 0.05) is 11.3 Å². The van der Waals surface area contributed by atoms with Crippen molar-refractivity contribution in [3.63, 3.8) is 0 Å². The molecule has 150 valence electrons. The molecule has 0 bridgehead atoms. The number of anilines is 2. The Hall–Kier alpha value is -3.10. The van der Waals surface area contributed by atoms with Crippen molar-refractivity contribution in [3.05, 3.63) is 83.1 Å². The second-order valence-electron chi connectivity index (χ2n) is 5.92. The van der Waals surface area contributed by atoms with Crippen LogP contribution < -0.4 is 14.8 Å². The van der Waals surface area contributed by atoms with Gasteiger partial charge < -0.3 is 10.1 Å². The molecule has 0 saturated carbocycles. The van der Waals surface area contributed by atoms with E-state index in [1.165, 1.54) is 43.5 Å². The number of methoxy groups -OCH3 is 1. The first kappa shape index (κ1) is 20.6. The average molecular weight is 435 g/mol. The topological polar surface area (TPSA) is 84.5 Å². The molecule has 0 radical (unpaired) electrons. The van der Waals surface area contributed by atoms with Crippen LogP contribution in [0.15, 0.2) is 71.6 Å². The molecule has 0 heterocycles. The summed E-state index contributed by atoms with van der Waals surface area (Å²) in [4.78, 5) is 12.4. The van der Waals surface area contributed by atoms with Crippen molar-refractivity contribution in [2.24, 2.45) is 0 Å². The fourth-order valence-corrected chi connectivity index (χ4v) is 3.81. The Morgan fingerprint density at radius 3 is 2.52 bits per heavy atom. The molecule has 0 saturated heterocycles. The van der Waals surface area contributed by atoms with Crippen molar-refractivity contribution < 1.29 is 22.3 Å². The van der Waals surface area contributed by atoms with E-state index in [-0.39, 0.29) is 26.9 Å². The molecule has 1 amide bonds. The third-order valence-electron chi connectivity index (χ3n) is 3.94.